The summed E-state index contributed by atoms with van der Waals surface area (Å²) in [6.07, 6.45) is 27.9. The Morgan fingerprint density at radius 2 is 0.680 bits per heavy atom. The zero-order chi connectivity index (χ0) is 74.4. The Labute approximate surface area is 613 Å². The Bertz CT molecular complexity index is 1800. The summed E-state index contributed by atoms with van der Waals surface area (Å²) in [6, 6.07) is 0. The molecule has 8 aliphatic heterocycles. The first-order valence-electron chi connectivity index (χ1n) is 42.2. The molecule has 14 fully saturated rings. The molecule has 14 aliphatic rings. The van der Waals surface area contributed by atoms with Crippen LogP contribution < -0.4 is 0 Å². The number of ether oxygens (including phenoxy) is 1. The van der Waals surface area contributed by atoms with Gasteiger partial charge >= 0.3 is 0 Å². The summed E-state index contributed by atoms with van der Waals surface area (Å²) in [5.41, 5.74) is 3.36. The predicted molar refractivity (Wildman–Crippen MR) is 437 cm³/mol. The number of hydrogen-bond donors (Lipinski definition) is 0. The summed E-state index contributed by atoms with van der Waals surface area (Å²) in [4.78, 5) is 16.6. The Morgan fingerprint density at radius 1 is 0.330 bits per heavy atom. The second kappa shape index (κ2) is 46.6. The van der Waals surface area contributed by atoms with Crippen molar-refractivity contribution in [3.8, 4) is 0 Å². The lowest BCUT2D eigenvalue weighted by Crippen LogP contribution is -2.51. The van der Waals surface area contributed by atoms with Gasteiger partial charge in [0.05, 0.1) is 12.2 Å². The highest BCUT2D eigenvalue weighted by atomic mass is 16.5. The second-order valence-corrected chi connectivity index (χ2v) is 40.5. The maximum Gasteiger partial charge on any atom is 0.0551 e. The molecule has 0 radical (unpaired) electrons. The molecule has 97 heavy (non-hydrogen) atoms. The van der Waals surface area contributed by atoms with Gasteiger partial charge in [-0.1, -0.05) is 212 Å². The highest BCUT2D eigenvalue weighted by molar-refractivity contribution is 4.99. The highest BCUT2D eigenvalue weighted by Gasteiger charge is 2.50. The van der Waals surface area contributed by atoms with Crippen molar-refractivity contribution in [2.75, 3.05) is 141 Å². The average Bonchev–Trinajstić information content (AvgIpc) is 1.60. The molecule has 0 aromatic carbocycles. The van der Waals surface area contributed by atoms with Crippen LogP contribution in [0.15, 0.2) is 0 Å². The van der Waals surface area contributed by atoms with Gasteiger partial charge in [0.2, 0.25) is 0 Å². The molecule has 0 aromatic heterocycles. The van der Waals surface area contributed by atoms with Crippen molar-refractivity contribution in [3.63, 3.8) is 0 Å². The summed E-state index contributed by atoms with van der Waals surface area (Å²) in [5, 5.41) is 0. The number of likely N-dealkylation sites (tertiary alicyclic amines) is 7. The minimum atomic E-state index is 0.523. The van der Waals surface area contributed by atoms with Gasteiger partial charge in [0.1, 0.15) is 0 Å². The van der Waals surface area contributed by atoms with Gasteiger partial charge in [0, 0.05) is 65.4 Å². The fourth-order valence-corrected chi connectivity index (χ4v) is 16.2. The third-order valence-electron chi connectivity index (χ3n) is 26.5. The zero-order valence-electron chi connectivity index (χ0n) is 73.2. The normalized spacial score (nSPS) is 35.2. The molecule has 6 saturated carbocycles. The molecule has 6 aliphatic carbocycles. The van der Waals surface area contributed by atoms with Gasteiger partial charge < -0.3 is 39.0 Å². The van der Waals surface area contributed by atoms with E-state index in [-0.39, 0.29) is 0 Å². The fraction of sp³-hybridized carbons (Fsp3) is 1.00. The van der Waals surface area contributed by atoms with E-state index in [2.05, 4.69) is 271 Å². The minimum Gasteiger partial charge on any atom is -0.376 e. The summed E-state index contributed by atoms with van der Waals surface area (Å²) in [7, 11) is 15.3. The molecule has 8 nitrogen and oxygen atoms in total. The number of nitrogens with zero attached hydrogens (tertiary/aromatic N) is 7. The van der Waals surface area contributed by atoms with E-state index in [0.717, 1.165) is 88.8 Å². The van der Waals surface area contributed by atoms with Gasteiger partial charge in [-0.2, -0.15) is 0 Å². The monoisotopic (exact) mass is 1370 g/mol. The molecular formula is C89H185N7O. The van der Waals surface area contributed by atoms with Crippen LogP contribution >= 0.6 is 0 Å². The van der Waals surface area contributed by atoms with Crippen molar-refractivity contribution in [2.45, 2.75) is 321 Å². The maximum atomic E-state index is 5.36. The van der Waals surface area contributed by atoms with Crippen LogP contribution in [-0.2, 0) is 4.74 Å². The molecular weight excluding hydrogens is 1180 g/mol. The van der Waals surface area contributed by atoms with Crippen LogP contribution in [-0.4, -0.2) is 187 Å². The lowest BCUT2D eigenvalue weighted by molar-refractivity contribution is 0.0361. The Morgan fingerprint density at radius 3 is 0.804 bits per heavy atom. The Hall–Kier alpha value is -0.320. The molecule has 582 valence electrons. The van der Waals surface area contributed by atoms with Crippen molar-refractivity contribution < 1.29 is 4.74 Å². The molecule has 0 aromatic rings. The van der Waals surface area contributed by atoms with Crippen LogP contribution in [0.5, 0.6) is 0 Å². The number of rotatable bonds is 3. The lowest BCUT2D eigenvalue weighted by atomic mass is 9.77. The topological polar surface area (TPSA) is 31.9 Å². The first-order valence-corrected chi connectivity index (χ1v) is 42.2. The van der Waals surface area contributed by atoms with Crippen molar-refractivity contribution in [1.82, 2.24) is 34.3 Å². The molecule has 0 bridgehead atoms. The summed E-state index contributed by atoms with van der Waals surface area (Å²) in [5.74, 6) is 15.0. The summed E-state index contributed by atoms with van der Waals surface area (Å²) >= 11 is 0. The van der Waals surface area contributed by atoms with Crippen LogP contribution in [0.1, 0.15) is 309 Å². The van der Waals surface area contributed by atoms with E-state index in [0.29, 0.717) is 39.3 Å². The van der Waals surface area contributed by atoms with Crippen molar-refractivity contribution in [1.29, 1.82) is 0 Å². The van der Waals surface area contributed by atoms with E-state index >= 15 is 0 Å². The van der Waals surface area contributed by atoms with Crippen molar-refractivity contribution in [3.05, 3.63) is 0 Å². The van der Waals surface area contributed by atoms with E-state index in [1.165, 1.54) is 214 Å². The Kier molecular flexibility index (Phi) is 45.5. The summed E-state index contributed by atoms with van der Waals surface area (Å²) < 4.78 is 5.36. The first-order chi connectivity index (χ1) is 44.8. The third-order valence-corrected chi connectivity index (χ3v) is 26.5. The van der Waals surface area contributed by atoms with Crippen molar-refractivity contribution in [2.24, 2.45) is 116 Å². The molecule has 0 N–H and O–H groups in total. The highest BCUT2D eigenvalue weighted by Crippen LogP contribution is 2.57. The van der Waals surface area contributed by atoms with Gasteiger partial charge in [-0.15, -0.1) is 0 Å². The van der Waals surface area contributed by atoms with Gasteiger partial charge in [-0.05, 0) is 289 Å². The van der Waals surface area contributed by atoms with E-state index in [1.807, 2.05) is 0 Å². The molecule has 8 heterocycles. The molecule has 0 amide bonds. The molecule has 12 unspecified atom stereocenters. The molecule has 0 spiro atoms. The molecule has 8 heteroatoms. The number of hydrogen-bond acceptors (Lipinski definition) is 8. The van der Waals surface area contributed by atoms with Gasteiger partial charge in [-0.3, -0.25) is 0 Å². The molecule has 14 rings (SSSR count). The predicted octanol–water partition coefficient (Wildman–Crippen LogP) is 22.4. The fourth-order valence-electron chi connectivity index (χ4n) is 16.2. The average molecular weight is 1370 g/mol. The third kappa shape index (κ3) is 43.7. The standard InChI is InChI=1S/4C7H15N.2C7H14.2C6H13N.C6H12O.4C6H12.C5H11N/c1-7-3-5-8(2)6-4-7;1-7-4-3-5-8(2)6-7;1-4-7(2)5-8(3)6-7;1-3-7-4-5-8(2)6-7;1-5-6(2)7(5,3)4;1-6-3-4-7(2)5-6;1-6(2)4-7(3)5-6;1-3-6-4-7(2)5-6;1-5-3-4-6(2)7-5;2*1-5-4-6(5,2)3;1-5-3-6(2)4-5;1-5-3-4-6(5)2;1-5-3-6(2)4-5/h2*7H,3-6H2,1-2H3;4-6H2,1-3H3;7H,3-6H2,1-2H3;5-6H,1-4H3;6-7H,3-5H2,1-2H3;4-5H2,1-3H3;6H,3-5H2,1-2H3;5-6H,3-4H2,1-2H3;2*5H,4H2,1-3H3;2*5-6H,3-4H2,1-2H3;5H,3-4H2,1-2H3. The molecule has 8 saturated heterocycles. The lowest BCUT2D eigenvalue weighted by Gasteiger charge is -2.45. The quantitative estimate of drug-likeness (QED) is 0.276. The smallest absolute Gasteiger partial charge is 0.0551 e. The second-order valence-electron chi connectivity index (χ2n) is 40.5. The van der Waals surface area contributed by atoms with Crippen LogP contribution in [0.2, 0.25) is 0 Å². The minimum absolute atomic E-state index is 0.523. The maximum absolute atomic E-state index is 5.36. The van der Waals surface area contributed by atoms with Crippen molar-refractivity contribution >= 4 is 0 Å². The number of piperidine rings is 2. The van der Waals surface area contributed by atoms with Gasteiger partial charge in [0.15, 0.2) is 0 Å². The summed E-state index contributed by atoms with van der Waals surface area (Å²) in [6.45, 7) is 80.4. The van der Waals surface area contributed by atoms with Crippen LogP contribution in [0.3, 0.4) is 0 Å². The largest absolute Gasteiger partial charge is 0.376 e. The van der Waals surface area contributed by atoms with Gasteiger partial charge in [0.25, 0.3) is 0 Å². The zero-order valence-corrected chi connectivity index (χ0v) is 73.2. The van der Waals surface area contributed by atoms with Crippen LogP contribution in [0.25, 0.3) is 0 Å². The van der Waals surface area contributed by atoms with E-state index < -0.39 is 0 Å². The SMILES string of the molecule is CC1C(C)C1(C)C.CC1CC(C)C1.CC1CC1(C)C.CC1CC1(C)C.CC1CCC(C)C1.CC1CCC(C)O1.CC1CCC1C.CC1CCCN(C)C1.CC1CCN(C)CC1.CC1CN(C)C1.CCC1(C)CN(C)C1.CCC1CCN(C)C1.CCC1CN(C)C1.CN1CC(C)(C)C1. The van der Waals surface area contributed by atoms with Crippen LogP contribution in [0.4, 0.5) is 0 Å². The molecule has 12 atom stereocenters. The van der Waals surface area contributed by atoms with Gasteiger partial charge in [-0.25, -0.2) is 0 Å². The van der Waals surface area contributed by atoms with Crippen LogP contribution in [0, 0.1) is 116 Å². The van der Waals surface area contributed by atoms with E-state index in [4.69, 9.17) is 4.74 Å². The van der Waals surface area contributed by atoms with E-state index in [9.17, 15) is 0 Å². The Balaban J connectivity index is 0.000000523. The van der Waals surface area contributed by atoms with E-state index in [1.54, 1.807) is 0 Å². The first kappa shape index (κ1) is 94.7.